The van der Waals surface area contributed by atoms with Crippen molar-refractivity contribution in [1.82, 2.24) is 19.7 Å². The molecule has 0 bridgehead atoms. The Morgan fingerprint density at radius 2 is 1.72 bits per heavy atom. The summed E-state index contributed by atoms with van der Waals surface area (Å²) in [5.41, 5.74) is 5.15. The predicted octanol–water partition coefficient (Wildman–Crippen LogP) is 5.94. The average molecular weight is 430 g/mol. The molecule has 0 saturated heterocycles. The maximum absolute atomic E-state index is 12.9. The Morgan fingerprint density at radius 3 is 2.47 bits per heavy atom. The number of alkyl halides is 1. The molecule has 6 nitrogen and oxygen atoms in total. The zero-order chi connectivity index (χ0) is 21.0. The van der Waals surface area contributed by atoms with Crippen molar-refractivity contribution in [1.29, 1.82) is 0 Å². The number of oxazole rings is 1. The highest BCUT2D eigenvalue weighted by atomic mass is 19.1. The van der Waals surface area contributed by atoms with Gasteiger partial charge in [0.05, 0.1) is 6.54 Å². The summed E-state index contributed by atoms with van der Waals surface area (Å²) in [5.74, 6) is 1.22. The van der Waals surface area contributed by atoms with Gasteiger partial charge in [0, 0.05) is 29.7 Å². The smallest absolute Gasteiger partial charge is 0.233 e. The molecule has 0 amide bonds. The average Bonchev–Trinajstić information content (AvgIpc) is 3.43. The summed E-state index contributed by atoms with van der Waals surface area (Å²) in [6.45, 7) is -0.0231. The van der Waals surface area contributed by atoms with Crippen LogP contribution in [0.3, 0.4) is 0 Å². The van der Waals surface area contributed by atoms with Crippen LogP contribution in [0.25, 0.3) is 33.5 Å². The number of pyridine rings is 1. The number of aromatic nitrogens is 4. The topological polar surface area (TPSA) is 66.0 Å². The molecule has 0 N–H and O–H groups in total. The monoisotopic (exact) mass is 430 g/mol. The SMILES string of the molecule is C.FCCn1cc(-c2ccncc2)c(-c2ccc(OCc3nc4ccccc4o3)cc2)n1. The van der Waals surface area contributed by atoms with E-state index >= 15 is 0 Å². The standard InChI is InChI=1S/C24H19FN4O2.CH4/c25-11-14-29-15-20(17-9-12-26-13-10-17)24(28-29)18-5-7-19(8-6-18)30-16-23-27-21-3-1-2-4-22(21)31-23;/h1-10,12-13,15H,11,14,16H2;1H4. The molecule has 0 unspecified atom stereocenters. The van der Waals surface area contributed by atoms with Crippen molar-refractivity contribution in [3.63, 3.8) is 0 Å². The Kier molecular flexibility index (Phi) is 6.26. The lowest BCUT2D eigenvalue weighted by molar-refractivity contribution is 0.267. The van der Waals surface area contributed by atoms with Gasteiger partial charge in [-0.3, -0.25) is 9.67 Å². The van der Waals surface area contributed by atoms with Crippen LogP contribution in [0.5, 0.6) is 5.75 Å². The molecule has 162 valence electrons. The highest BCUT2D eigenvalue weighted by molar-refractivity contribution is 5.80. The Labute approximate surface area is 185 Å². The Balaban J connectivity index is 0.00000245. The van der Waals surface area contributed by atoms with E-state index in [1.807, 2.05) is 66.9 Å². The third-order valence-electron chi connectivity index (χ3n) is 4.89. The van der Waals surface area contributed by atoms with Crippen LogP contribution in [0.2, 0.25) is 0 Å². The Bertz CT molecular complexity index is 1260. The van der Waals surface area contributed by atoms with Gasteiger partial charge < -0.3 is 9.15 Å². The number of nitrogens with zero attached hydrogens (tertiary/aromatic N) is 4. The second-order valence-electron chi connectivity index (χ2n) is 6.97. The summed E-state index contributed by atoms with van der Waals surface area (Å²) in [7, 11) is 0. The first kappa shape index (κ1) is 21.2. The summed E-state index contributed by atoms with van der Waals surface area (Å²) in [5, 5.41) is 4.58. The summed E-state index contributed by atoms with van der Waals surface area (Å²) in [6.07, 6.45) is 5.32. The number of benzene rings is 2. The Morgan fingerprint density at radius 1 is 0.938 bits per heavy atom. The molecule has 0 aliphatic carbocycles. The summed E-state index contributed by atoms with van der Waals surface area (Å²) < 4.78 is 26.0. The van der Waals surface area contributed by atoms with Crippen molar-refractivity contribution >= 4 is 11.1 Å². The maximum atomic E-state index is 12.9. The van der Waals surface area contributed by atoms with Gasteiger partial charge in [0.25, 0.3) is 0 Å². The highest BCUT2D eigenvalue weighted by Crippen LogP contribution is 2.32. The molecule has 2 aromatic carbocycles. The van der Waals surface area contributed by atoms with E-state index < -0.39 is 6.67 Å². The second-order valence-corrected chi connectivity index (χ2v) is 6.97. The highest BCUT2D eigenvalue weighted by Gasteiger charge is 2.14. The lowest BCUT2D eigenvalue weighted by atomic mass is 10.0. The summed E-state index contributed by atoms with van der Waals surface area (Å²) >= 11 is 0. The molecule has 3 heterocycles. The number of fused-ring (bicyclic) bond motifs is 1. The van der Waals surface area contributed by atoms with Gasteiger partial charge in [0.1, 0.15) is 23.6 Å². The minimum absolute atomic E-state index is 0. The third-order valence-corrected chi connectivity index (χ3v) is 4.89. The third kappa shape index (κ3) is 4.37. The number of ether oxygens (including phenoxy) is 1. The van der Waals surface area contributed by atoms with E-state index in [0.717, 1.165) is 33.5 Å². The van der Waals surface area contributed by atoms with Crippen LogP contribution in [0.1, 0.15) is 13.3 Å². The fraction of sp³-hybridized carbons (Fsp3) is 0.160. The van der Waals surface area contributed by atoms with Crippen LogP contribution in [-0.2, 0) is 13.2 Å². The number of rotatable bonds is 7. The van der Waals surface area contributed by atoms with Gasteiger partial charge in [0.2, 0.25) is 5.89 Å². The summed E-state index contributed by atoms with van der Waals surface area (Å²) in [6, 6.07) is 19.1. The second kappa shape index (κ2) is 9.43. The molecule has 0 aliphatic rings. The lowest BCUT2D eigenvalue weighted by Crippen LogP contribution is -1.99. The molecule has 0 radical (unpaired) electrons. The zero-order valence-corrected chi connectivity index (χ0v) is 16.6. The van der Waals surface area contributed by atoms with Crippen molar-refractivity contribution in [2.45, 2.75) is 20.6 Å². The van der Waals surface area contributed by atoms with Crippen LogP contribution in [-0.4, -0.2) is 26.4 Å². The molecule has 7 heteroatoms. The first-order valence-electron chi connectivity index (χ1n) is 9.91. The van der Waals surface area contributed by atoms with Crippen LogP contribution in [0.15, 0.2) is 83.7 Å². The molecule has 3 aromatic heterocycles. The number of aryl methyl sites for hydroxylation is 1. The van der Waals surface area contributed by atoms with Crippen molar-refractivity contribution in [2.24, 2.45) is 0 Å². The minimum Gasteiger partial charge on any atom is -0.484 e. The fourth-order valence-electron chi connectivity index (χ4n) is 3.41. The van der Waals surface area contributed by atoms with E-state index in [4.69, 9.17) is 9.15 Å². The first-order chi connectivity index (χ1) is 15.3. The van der Waals surface area contributed by atoms with Gasteiger partial charge in [-0.15, -0.1) is 0 Å². The molecule has 0 saturated carbocycles. The van der Waals surface area contributed by atoms with Crippen molar-refractivity contribution < 1.29 is 13.5 Å². The van der Waals surface area contributed by atoms with Gasteiger partial charge >= 0.3 is 0 Å². The molecule has 0 aliphatic heterocycles. The van der Waals surface area contributed by atoms with Gasteiger partial charge in [-0.1, -0.05) is 19.6 Å². The summed E-state index contributed by atoms with van der Waals surface area (Å²) in [4.78, 5) is 8.49. The number of halogens is 1. The number of hydrogen-bond donors (Lipinski definition) is 0. The molecule has 5 rings (SSSR count). The molecular formula is C25H23FN4O2. The van der Waals surface area contributed by atoms with E-state index in [2.05, 4.69) is 15.1 Å². The fourth-order valence-corrected chi connectivity index (χ4v) is 3.41. The van der Waals surface area contributed by atoms with E-state index in [1.54, 1.807) is 17.1 Å². The van der Waals surface area contributed by atoms with E-state index in [1.165, 1.54) is 0 Å². The normalized spacial score (nSPS) is 10.8. The predicted molar refractivity (Wildman–Crippen MR) is 122 cm³/mol. The van der Waals surface area contributed by atoms with E-state index in [0.29, 0.717) is 11.6 Å². The van der Waals surface area contributed by atoms with E-state index in [9.17, 15) is 4.39 Å². The van der Waals surface area contributed by atoms with Crippen molar-refractivity contribution in [3.05, 3.63) is 85.1 Å². The van der Waals surface area contributed by atoms with Crippen LogP contribution >= 0.6 is 0 Å². The lowest BCUT2D eigenvalue weighted by Gasteiger charge is -2.06. The molecule has 32 heavy (non-hydrogen) atoms. The van der Waals surface area contributed by atoms with Crippen LogP contribution in [0.4, 0.5) is 4.39 Å². The zero-order valence-electron chi connectivity index (χ0n) is 16.6. The van der Waals surface area contributed by atoms with Crippen molar-refractivity contribution in [3.8, 4) is 28.1 Å². The minimum atomic E-state index is -0.473. The molecule has 0 spiro atoms. The molecular weight excluding hydrogens is 407 g/mol. The van der Waals surface area contributed by atoms with Crippen LogP contribution in [0, 0.1) is 0 Å². The van der Waals surface area contributed by atoms with E-state index in [-0.39, 0.29) is 20.6 Å². The largest absolute Gasteiger partial charge is 0.484 e. The number of hydrogen-bond acceptors (Lipinski definition) is 5. The van der Waals surface area contributed by atoms with Crippen molar-refractivity contribution in [2.75, 3.05) is 6.67 Å². The molecule has 0 fully saturated rings. The van der Waals surface area contributed by atoms with Crippen LogP contribution < -0.4 is 4.74 Å². The molecule has 0 atom stereocenters. The quantitative estimate of drug-likeness (QED) is 0.320. The number of para-hydroxylation sites is 2. The maximum Gasteiger partial charge on any atom is 0.233 e. The first-order valence-corrected chi connectivity index (χ1v) is 9.91. The van der Waals surface area contributed by atoms with Gasteiger partial charge in [-0.2, -0.15) is 5.10 Å². The van der Waals surface area contributed by atoms with Gasteiger partial charge in [-0.25, -0.2) is 9.37 Å². The molecule has 5 aromatic rings. The van der Waals surface area contributed by atoms with Gasteiger partial charge in [-0.05, 0) is 54.1 Å². The Hall–Kier alpha value is -4.00. The van der Waals surface area contributed by atoms with Gasteiger partial charge in [0.15, 0.2) is 12.2 Å².